The molecule has 0 heterocycles. The molecule has 0 N–H and O–H groups in total. The highest BCUT2D eigenvalue weighted by Gasteiger charge is 2.22. The third-order valence-corrected chi connectivity index (χ3v) is 14.7. The highest BCUT2D eigenvalue weighted by Crippen LogP contribution is 2.17. The number of carbonyl (C=O) groups is 3. The van der Waals surface area contributed by atoms with Gasteiger partial charge in [-0.2, -0.15) is 0 Å². The minimum Gasteiger partial charge on any atom is -0.545 e. The summed E-state index contributed by atoms with van der Waals surface area (Å²) in [6, 6.07) is 0. The van der Waals surface area contributed by atoms with Gasteiger partial charge in [-0.1, -0.05) is 289 Å². The number of allylic oxidation sites excluding steroid dienone is 20. The molecule has 0 bridgehead atoms. The quantitative estimate of drug-likeness (QED) is 0.0195. The van der Waals surface area contributed by atoms with Crippen molar-refractivity contribution in [3.63, 3.8) is 0 Å². The highest BCUT2D eigenvalue weighted by molar-refractivity contribution is 5.70. The Morgan fingerprint density at radius 3 is 0.941 bits per heavy atom. The number of carboxylic acids is 1. The summed E-state index contributed by atoms with van der Waals surface area (Å²) in [4.78, 5) is 37.5. The Balaban J connectivity index is 4.09. The first-order valence-electron chi connectivity index (χ1n) is 34.7. The van der Waals surface area contributed by atoms with Gasteiger partial charge in [0, 0.05) is 12.8 Å². The van der Waals surface area contributed by atoms with Crippen LogP contribution in [-0.2, 0) is 33.3 Å². The van der Waals surface area contributed by atoms with Gasteiger partial charge in [-0.05, 0) is 103 Å². The van der Waals surface area contributed by atoms with Crippen LogP contribution < -0.4 is 5.11 Å². The van der Waals surface area contributed by atoms with Crippen LogP contribution in [0.4, 0.5) is 0 Å². The van der Waals surface area contributed by atoms with Gasteiger partial charge in [-0.15, -0.1) is 0 Å². The molecule has 0 aromatic heterocycles. The van der Waals surface area contributed by atoms with Crippen LogP contribution in [0, 0.1) is 0 Å². The summed E-state index contributed by atoms with van der Waals surface area (Å²) in [5.41, 5.74) is 0. The molecule has 0 aromatic rings. The van der Waals surface area contributed by atoms with Crippen molar-refractivity contribution in [2.45, 2.75) is 296 Å². The van der Waals surface area contributed by atoms with E-state index >= 15 is 0 Å². The van der Waals surface area contributed by atoms with Crippen molar-refractivity contribution in [3.8, 4) is 0 Å². The Morgan fingerprint density at radius 1 is 0.353 bits per heavy atom. The van der Waals surface area contributed by atoms with Gasteiger partial charge in [0.1, 0.15) is 13.2 Å². The molecule has 0 aliphatic heterocycles. The van der Waals surface area contributed by atoms with Gasteiger partial charge in [0.15, 0.2) is 12.4 Å². The van der Waals surface area contributed by atoms with E-state index < -0.39 is 24.3 Å². The zero-order valence-corrected chi connectivity index (χ0v) is 55.4. The fraction of sp³-hybridized carbons (Fsp3) is 0.697. The second kappa shape index (κ2) is 65.7. The molecule has 0 amide bonds. The number of hydrogen-bond acceptors (Lipinski definition) is 8. The maximum atomic E-state index is 12.9. The summed E-state index contributed by atoms with van der Waals surface area (Å²) < 4.78 is 22.8. The SMILES string of the molecule is CC/C=C\C/C=C\C/C=C\C/C=C\C/C=C\CCCCCCCCCCCCCCCCCCCCCCCC(=O)OC(COC(=O)CCCCCCCCC/C=C\C/C=C\C/C=C\C/C=C\C/C=C\CC)COC(OCC[N+](C)(C)C)C(=O)[O-]. The molecule has 0 saturated heterocycles. The lowest BCUT2D eigenvalue weighted by Crippen LogP contribution is -2.44. The van der Waals surface area contributed by atoms with Crippen LogP contribution in [0.5, 0.6) is 0 Å². The van der Waals surface area contributed by atoms with Gasteiger partial charge < -0.3 is 33.3 Å². The molecule has 2 atom stereocenters. The first-order valence-corrected chi connectivity index (χ1v) is 34.7. The average Bonchev–Trinajstić information content (AvgIpc) is 3.48. The summed E-state index contributed by atoms with van der Waals surface area (Å²) in [6.45, 7) is 4.52. The topological polar surface area (TPSA) is 111 Å². The predicted molar refractivity (Wildman–Crippen MR) is 361 cm³/mol. The van der Waals surface area contributed by atoms with E-state index in [-0.39, 0.29) is 38.6 Å². The molecule has 85 heavy (non-hydrogen) atoms. The van der Waals surface area contributed by atoms with Crippen molar-refractivity contribution in [2.24, 2.45) is 0 Å². The Morgan fingerprint density at radius 2 is 0.635 bits per heavy atom. The second-order valence-corrected chi connectivity index (χ2v) is 24.1. The van der Waals surface area contributed by atoms with Crippen LogP contribution in [0.15, 0.2) is 122 Å². The van der Waals surface area contributed by atoms with E-state index in [1.165, 1.54) is 141 Å². The number of carbonyl (C=O) groups excluding carboxylic acids is 3. The molecule has 0 fully saturated rings. The number of aliphatic carboxylic acids is 1. The van der Waals surface area contributed by atoms with E-state index in [0.717, 1.165) is 109 Å². The van der Waals surface area contributed by atoms with Crippen molar-refractivity contribution < 1.29 is 42.9 Å². The molecule has 2 unspecified atom stereocenters. The highest BCUT2D eigenvalue weighted by atomic mass is 16.7. The lowest BCUT2D eigenvalue weighted by atomic mass is 10.0. The number of likely N-dealkylation sites (N-methyl/N-ethyl adjacent to an activating group) is 1. The van der Waals surface area contributed by atoms with Crippen molar-refractivity contribution in [1.29, 1.82) is 0 Å². The zero-order valence-electron chi connectivity index (χ0n) is 55.4. The Bertz CT molecular complexity index is 1810. The number of ether oxygens (including phenoxy) is 4. The summed E-state index contributed by atoms with van der Waals surface area (Å²) in [5.74, 6) is -2.29. The van der Waals surface area contributed by atoms with Crippen molar-refractivity contribution >= 4 is 17.9 Å². The fourth-order valence-corrected chi connectivity index (χ4v) is 9.47. The monoisotopic (exact) mass is 1180 g/mol. The standard InChI is InChI=1S/C76H129NO8/c1-6-8-10-12-14-16-18-20-22-24-26-28-30-31-32-33-34-35-36-37-38-39-40-41-42-43-45-47-49-51-53-55-57-59-61-63-65-67-74(79)85-72(71-84-76(75(80)81)82-69-68-77(3,4)5)70-83-73(78)66-64-62-60-58-56-54-52-50-48-46-44-29-27-25-23-21-19-17-15-13-11-9-7-2/h8-11,14-17,20-23,26-29,31-32,46,48,72,76H,6-7,12-13,18-19,24-25,30,33-45,47,49-71H2,1-5H3/b10-8-,11-9-,16-14-,17-15-,22-20-,23-21-,28-26-,29-27-,32-31-,48-46-. The first kappa shape index (κ1) is 80.7. The maximum absolute atomic E-state index is 12.9. The summed E-state index contributed by atoms with van der Waals surface area (Å²) in [6.07, 6.45) is 89.9. The minimum atomic E-state index is -1.63. The first-order chi connectivity index (χ1) is 41.6. The fourth-order valence-electron chi connectivity index (χ4n) is 9.47. The van der Waals surface area contributed by atoms with Gasteiger partial charge in [0.2, 0.25) is 0 Å². The van der Waals surface area contributed by atoms with E-state index in [9.17, 15) is 19.5 Å². The van der Waals surface area contributed by atoms with Crippen LogP contribution in [0.2, 0.25) is 0 Å². The Labute approximate surface area is 523 Å². The van der Waals surface area contributed by atoms with Crippen molar-refractivity contribution in [3.05, 3.63) is 122 Å². The smallest absolute Gasteiger partial charge is 0.306 e. The Hall–Kier alpha value is -4.31. The van der Waals surface area contributed by atoms with Crippen LogP contribution in [0.1, 0.15) is 284 Å². The average molecular weight is 1180 g/mol. The number of unbranched alkanes of at least 4 members (excludes halogenated alkanes) is 28. The van der Waals surface area contributed by atoms with Gasteiger partial charge in [-0.25, -0.2) is 0 Å². The number of quaternary nitrogens is 1. The van der Waals surface area contributed by atoms with Crippen LogP contribution >= 0.6 is 0 Å². The molecule has 0 spiro atoms. The molecule has 0 saturated carbocycles. The molecule has 9 heteroatoms. The molecule has 0 aliphatic rings. The molecule has 0 rings (SSSR count). The van der Waals surface area contributed by atoms with E-state index in [2.05, 4.69) is 135 Å². The predicted octanol–water partition coefficient (Wildman–Crippen LogP) is 20.2. The number of hydrogen-bond donors (Lipinski definition) is 0. The largest absolute Gasteiger partial charge is 0.545 e. The number of carboxylic acid groups (broad SMARTS) is 1. The number of rotatable bonds is 63. The van der Waals surface area contributed by atoms with Crippen molar-refractivity contribution in [1.82, 2.24) is 0 Å². The van der Waals surface area contributed by atoms with Gasteiger partial charge in [0.25, 0.3) is 0 Å². The van der Waals surface area contributed by atoms with Crippen molar-refractivity contribution in [2.75, 3.05) is 47.5 Å². The van der Waals surface area contributed by atoms with E-state index in [1.807, 2.05) is 21.1 Å². The molecular formula is C76H129NO8. The summed E-state index contributed by atoms with van der Waals surface area (Å²) >= 11 is 0. The lowest BCUT2D eigenvalue weighted by Gasteiger charge is -2.26. The lowest BCUT2D eigenvalue weighted by molar-refractivity contribution is -0.870. The maximum Gasteiger partial charge on any atom is 0.306 e. The third kappa shape index (κ3) is 67.1. The van der Waals surface area contributed by atoms with Crippen LogP contribution in [-0.4, -0.2) is 82.3 Å². The van der Waals surface area contributed by atoms with Crippen LogP contribution in [0.25, 0.3) is 0 Å². The normalized spacial score (nSPS) is 13.5. The van der Waals surface area contributed by atoms with Gasteiger partial charge in [-0.3, -0.25) is 9.59 Å². The minimum absolute atomic E-state index is 0.142. The molecule has 9 nitrogen and oxygen atoms in total. The molecule has 486 valence electrons. The number of esters is 2. The zero-order chi connectivity index (χ0) is 61.9. The van der Waals surface area contributed by atoms with Gasteiger partial charge >= 0.3 is 11.9 Å². The van der Waals surface area contributed by atoms with Crippen LogP contribution in [0.3, 0.4) is 0 Å². The molecular weight excluding hydrogens is 1050 g/mol. The Kier molecular flexibility index (Phi) is 62.3. The van der Waals surface area contributed by atoms with E-state index in [1.54, 1.807) is 0 Å². The number of nitrogens with zero attached hydrogens (tertiary/aromatic N) is 1. The van der Waals surface area contributed by atoms with Gasteiger partial charge in [0.05, 0.1) is 40.3 Å². The molecule has 0 aliphatic carbocycles. The summed E-state index contributed by atoms with van der Waals surface area (Å²) in [5, 5.41) is 11.8. The third-order valence-electron chi connectivity index (χ3n) is 14.7. The van der Waals surface area contributed by atoms with E-state index in [0.29, 0.717) is 17.4 Å². The molecule has 0 radical (unpaired) electrons. The second-order valence-electron chi connectivity index (χ2n) is 24.1. The molecule has 0 aromatic carbocycles. The summed E-state index contributed by atoms with van der Waals surface area (Å²) in [7, 11) is 5.92. The van der Waals surface area contributed by atoms with E-state index in [4.69, 9.17) is 18.9 Å².